The molecule has 0 spiro atoms. The lowest BCUT2D eigenvalue weighted by atomic mass is 9.79. The zero-order valence-corrected chi connectivity index (χ0v) is 11.6. The molecule has 1 N–H and O–H groups in total. The van der Waals surface area contributed by atoms with Crippen molar-refractivity contribution in [1.82, 2.24) is 14.8 Å². The Morgan fingerprint density at radius 3 is 2.80 bits per heavy atom. The van der Waals surface area contributed by atoms with Gasteiger partial charge in [0.25, 0.3) is 0 Å². The van der Waals surface area contributed by atoms with E-state index >= 15 is 0 Å². The van der Waals surface area contributed by atoms with E-state index in [-0.39, 0.29) is 5.92 Å². The molecule has 5 nitrogen and oxygen atoms in total. The fourth-order valence-electron chi connectivity index (χ4n) is 3.13. The zero-order chi connectivity index (χ0) is 14.1. The molecule has 2 aromatic heterocycles. The number of pyridine rings is 1. The summed E-state index contributed by atoms with van der Waals surface area (Å²) in [5.74, 6) is -0.191. The Morgan fingerprint density at radius 1 is 1.35 bits per heavy atom. The lowest BCUT2D eigenvalue weighted by molar-refractivity contribution is -0.143. The van der Waals surface area contributed by atoms with Crippen LogP contribution >= 0.6 is 0 Å². The zero-order valence-electron chi connectivity index (χ0n) is 11.6. The Bertz CT molecular complexity index is 627. The molecular weight excluding hydrogens is 254 g/mol. The molecule has 0 saturated heterocycles. The number of carbonyl (C=O) groups is 1. The SMILES string of the molecule is Cn1ncc2ncc(C[C@H]3CC[C@H](C(=O)O)CC3)cc21. The highest BCUT2D eigenvalue weighted by Crippen LogP contribution is 2.31. The van der Waals surface area contributed by atoms with Crippen LogP contribution in [-0.4, -0.2) is 25.8 Å². The summed E-state index contributed by atoms with van der Waals surface area (Å²) in [4.78, 5) is 15.4. The van der Waals surface area contributed by atoms with Crippen LogP contribution in [0.25, 0.3) is 11.0 Å². The minimum Gasteiger partial charge on any atom is -0.481 e. The summed E-state index contributed by atoms with van der Waals surface area (Å²) >= 11 is 0. The number of aromatic nitrogens is 3. The summed E-state index contributed by atoms with van der Waals surface area (Å²) < 4.78 is 1.84. The lowest BCUT2D eigenvalue weighted by Crippen LogP contribution is -2.22. The Morgan fingerprint density at radius 2 is 2.10 bits per heavy atom. The molecule has 5 heteroatoms. The van der Waals surface area contributed by atoms with Gasteiger partial charge in [0.1, 0.15) is 5.52 Å². The van der Waals surface area contributed by atoms with Gasteiger partial charge >= 0.3 is 5.97 Å². The molecule has 0 bridgehead atoms. The van der Waals surface area contributed by atoms with Gasteiger partial charge in [0.2, 0.25) is 0 Å². The van der Waals surface area contributed by atoms with E-state index in [0.717, 1.165) is 43.1 Å². The average Bonchev–Trinajstić information content (AvgIpc) is 2.81. The molecule has 20 heavy (non-hydrogen) atoms. The third kappa shape index (κ3) is 2.53. The normalized spacial score (nSPS) is 23.1. The summed E-state index contributed by atoms with van der Waals surface area (Å²) in [5.41, 5.74) is 3.20. The number of aryl methyl sites for hydroxylation is 1. The second-order valence-corrected chi connectivity index (χ2v) is 5.78. The molecule has 2 aromatic rings. The van der Waals surface area contributed by atoms with Crippen molar-refractivity contribution in [2.75, 3.05) is 0 Å². The molecule has 0 radical (unpaired) electrons. The van der Waals surface area contributed by atoms with Crippen LogP contribution in [0, 0.1) is 11.8 Å². The van der Waals surface area contributed by atoms with Gasteiger partial charge in [0.05, 0.1) is 17.6 Å². The van der Waals surface area contributed by atoms with Gasteiger partial charge in [-0.05, 0) is 49.7 Å². The van der Waals surface area contributed by atoms with Gasteiger partial charge < -0.3 is 5.11 Å². The third-order valence-electron chi connectivity index (χ3n) is 4.38. The van der Waals surface area contributed by atoms with Gasteiger partial charge in [0, 0.05) is 13.2 Å². The van der Waals surface area contributed by atoms with Gasteiger partial charge in [0.15, 0.2) is 0 Å². The third-order valence-corrected chi connectivity index (χ3v) is 4.38. The van der Waals surface area contributed by atoms with E-state index in [1.54, 1.807) is 6.20 Å². The monoisotopic (exact) mass is 273 g/mol. The van der Waals surface area contributed by atoms with Crippen LogP contribution in [0.2, 0.25) is 0 Å². The van der Waals surface area contributed by atoms with Crippen LogP contribution in [0.3, 0.4) is 0 Å². The Labute approximate surface area is 117 Å². The van der Waals surface area contributed by atoms with Crippen LogP contribution in [-0.2, 0) is 18.3 Å². The number of hydrogen-bond donors (Lipinski definition) is 1. The number of carboxylic acids is 1. The predicted octanol–water partition coefficient (Wildman–Crippen LogP) is 2.40. The molecule has 2 heterocycles. The molecule has 0 atom stereocenters. The minimum atomic E-state index is -0.638. The standard InChI is InChI=1S/C15H19N3O2/c1-18-14-7-11(8-16-13(14)9-17-18)6-10-2-4-12(5-3-10)15(19)20/h7-10,12H,2-6H2,1H3,(H,19,20)/t10-,12-. The Kier molecular flexibility index (Phi) is 3.42. The van der Waals surface area contributed by atoms with Crippen molar-refractivity contribution in [2.24, 2.45) is 18.9 Å². The molecule has 106 valence electrons. The maximum Gasteiger partial charge on any atom is 0.306 e. The van der Waals surface area contributed by atoms with Gasteiger partial charge in [-0.25, -0.2) is 0 Å². The van der Waals surface area contributed by atoms with Crippen LogP contribution < -0.4 is 0 Å². The number of nitrogens with zero attached hydrogens (tertiary/aromatic N) is 3. The van der Waals surface area contributed by atoms with E-state index in [4.69, 9.17) is 5.11 Å². The molecule has 1 aliphatic rings. The largest absolute Gasteiger partial charge is 0.481 e. The van der Waals surface area contributed by atoms with Crippen molar-refractivity contribution in [3.63, 3.8) is 0 Å². The summed E-state index contributed by atoms with van der Waals surface area (Å²) in [6.07, 6.45) is 8.30. The molecule has 1 saturated carbocycles. The first-order chi connectivity index (χ1) is 9.63. The lowest BCUT2D eigenvalue weighted by Gasteiger charge is -2.26. The van der Waals surface area contributed by atoms with Gasteiger partial charge in [-0.1, -0.05) is 0 Å². The molecule has 1 aliphatic carbocycles. The van der Waals surface area contributed by atoms with E-state index in [2.05, 4.69) is 16.1 Å². The molecule has 0 unspecified atom stereocenters. The van der Waals surface area contributed by atoms with E-state index < -0.39 is 5.97 Å². The molecule has 0 amide bonds. The molecule has 3 rings (SSSR count). The van der Waals surface area contributed by atoms with Crippen LogP contribution in [0.1, 0.15) is 31.2 Å². The van der Waals surface area contributed by atoms with Gasteiger partial charge in [-0.15, -0.1) is 0 Å². The first-order valence-electron chi connectivity index (χ1n) is 7.13. The molecular formula is C15H19N3O2. The predicted molar refractivity (Wildman–Crippen MR) is 75.3 cm³/mol. The number of carboxylic acid groups (broad SMARTS) is 1. The first kappa shape index (κ1) is 13.1. The van der Waals surface area contributed by atoms with Crippen molar-refractivity contribution in [3.8, 4) is 0 Å². The molecule has 0 aromatic carbocycles. The van der Waals surface area contributed by atoms with E-state index in [0.29, 0.717) is 5.92 Å². The summed E-state index contributed by atoms with van der Waals surface area (Å²) in [6.45, 7) is 0. The van der Waals surface area contributed by atoms with Crippen molar-refractivity contribution >= 4 is 17.0 Å². The minimum absolute atomic E-state index is 0.135. The second kappa shape index (κ2) is 5.23. The fourth-order valence-corrected chi connectivity index (χ4v) is 3.13. The maximum absolute atomic E-state index is 11.0. The van der Waals surface area contributed by atoms with Crippen LogP contribution in [0.4, 0.5) is 0 Å². The molecule has 0 aliphatic heterocycles. The van der Waals surface area contributed by atoms with E-state index in [1.165, 1.54) is 5.56 Å². The van der Waals surface area contributed by atoms with Gasteiger partial charge in [-0.3, -0.25) is 14.5 Å². The van der Waals surface area contributed by atoms with Crippen LogP contribution in [0.15, 0.2) is 18.5 Å². The average molecular weight is 273 g/mol. The highest BCUT2D eigenvalue weighted by Gasteiger charge is 2.26. The smallest absolute Gasteiger partial charge is 0.306 e. The highest BCUT2D eigenvalue weighted by atomic mass is 16.4. The van der Waals surface area contributed by atoms with Crippen molar-refractivity contribution in [2.45, 2.75) is 32.1 Å². The highest BCUT2D eigenvalue weighted by molar-refractivity contribution is 5.74. The number of aliphatic carboxylic acids is 1. The topological polar surface area (TPSA) is 68.0 Å². The summed E-state index contributed by atoms with van der Waals surface area (Å²) in [6, 6.07) is 2.15. The second-order valence-electron chi connectivity index (χ2n) is 5.78. The van der Waals surface area contributed by atoms with E-state index in [1.807, 2.05) is 17.9 Å². The Hall–Kier alpha value is -1.91. The first-order valence-corrected chi connectivity index (χ1v) is 7.13. The maximum atomic E-state index is 11.0. The van der Waals surface area contributed by atoms with Crippen LogP contribution in [0.5, 0.6) is 0 Å². The Balaban J connectivity index is 1.68. The van der Waals surface area contributed by atoms with Gasteiger partial charge in [-0.2, -0.15) is 5.10 Å². The quantitative estimate of drug-likeness (QED) is 0.932. The van der Waals surface area contributed by atoms with Crippen molar-refractivity contribution < 1.29 is 9.90 Å². The van der Waals surface area contributed by atoms with Crippen molar-refractivity contribution in [1.29, 1.82) is 0 Å². The van der Waals surface area contributed by atoms with Crippen molar-refractivity contribution in [3.05, 3.63) is 24.0 Å². The molecule has 1 fully saturated rings. The number of hydrogen-bond acceptors (Lipinski definition) is 3. The summed E-state index contributed by atoms with van der Waals surface area (Å²) in [7, 11) is 1.92. The summed E-state index contributed by atoms with van der Waals surface area (Å²) in [5, 5.41) is 13.2. The number of rotatable bonds is 3. The fraction of sp³-hybridized carbons (Fsp3) is 0.533. The number of fused-ring (bicyclic) bond motifs is 1. The van der Waals surface area contributed by atoms with E-state index in [9.17, 15) is 4.79 Å².